The molecule has 0 bridgehead atoms. The summed E-state index contributed by atoms with van der Waals surface area (Å²) < 4.78 is 29.4. The molecule has 3 atom stereocenters. The van der Waals surface area contributed by atoms with Crippen LogP contribution in [0.1, 0.15) is 73.7 Å². The van der Waals surface area contributed by atoms with Gasteiger partial charge in [0.1, 0.15) is 42.1 Å². The van der Waals surface area contributed by atoms with Crippen molar-refractivity contribution in [3.63, 3.8) is 0 Å². The SMILES string of the molecule is CC/C(=C(/c1c#cc(OCCN(C)C(=O)COCCOCCOCCOCC(=O)N2CCC([C@H](NC(=O)[C@H](C)NC)C(=O)N3CCC[C@H]3c3nc4c(-c5ccccc5)nccc4s3)CC2)cc1)c1ccc(O)cc1)c1ccccc1. The highest BCUT2D eigenvalue weighted by atomic mass is 32.1. The van der Waals surface area contributed by atoms with E-state index in [-0.39, 0.29) is 87.6 Å². The molecule has 2 aliphatic heterocycles. The van der Waals surface area contributed by atoms with Crippen LogP contribution in [-0.2, 0) is 38.1 Å². The van der Waals surface area contributed by atoms with Gasteiger partial charge in [-0.15, -0.1) is 11.3 Å². The van der Waals surface area contributed by atoms with Gasteiger partial charge in [-0.2, -0.15) is 0 Å². The Hall–Kier alpha value is -7.24. The number of aromatic nitrogens is 2. The van der Waals surface area contributed by atoms with E-state index in [4.69, 9.17) is 28.7 Å². The Bertz CT molecular complexity index is 2970. The fourth-order valence-corrected chi connectivity index (χ4v) is 11.1. The van der Waals surface area contributed by atoms with Crippen molar-refractivity contribution in [2.45, 2.75) is 64.1 Å². The predicted octanol–water partition coefficient (Wildman–Crippen LogP) is 7.63. The van der Waals surface area contributed by atoms with Gasteiger partial charge in [-0.1, -0.05) is 85.8 Å². The molecule has 0 aliphatic carbocycles. The maximum absolute atomic E-state index is 14.6. The summed E-state index contributed by atoms with van der Waals surface area (Å²) in [5.74, 6) is -0.150. The van der Waals surface area contributed by atoms with Crippen molar-refractivity contribution in [3.05, 3.63) is 143 Å². The molecule has 18 heteroatoms. The Morgan fingerprint density at radius 3 is 2.12 bits per heavy atom. The van der Waals surface area contributed by atoms with Crippen LogP contribution in [-0.4, -0.2) is 165 Å². The summed E-state index contributed by atoms with van der Waals surface area (Å²) in [4.78, 5) is 68.8. The molecule has 8 rings (SSSR count). The van der Waals surface area contributed by atoms with E-state index in [0.29, 0.717) is 58.0 Å². The number of piperidine rings is 1. The molecule has 3 N–H and O–H groups in total. The zero-order valence-corrected chi connectivity index (χ0v) is 47.0. The van der Waals surface area contributed by atoms with Gasteiger partial charge in [0.15, 0.2) is 5.75 Å². The van der Waals surface area contributed by atoms with Crippen LogP contribution in [0.2, 0.25) is 0 Å². The summed E-state index contributed by atoms with van der Waals surface area (Å²) in [7, 11) is 3.41. The molecule has 4 heterocycles. The first-order valence-electron chi connectivity index (χ1n) is 27.6. The molecule has 80 heavy (non-hydrogen) atoms. The van der Waals surface area contributed by atoms with Crippen LogP contribution in [0.25, 0.3) is 32.6 Å². The number of rotatable bonds is 28. The Labute approximate surface area is 473 Å². The average Bonchev–Trinajstić information content (AvgIpc) is 4.24. The fraction of sp³-hybridized carbons (Fsp3) is 0.419. The van der Waals surface area contributed by atoms with Crippen LogP contribution in [0, 0.1) is 18.1 Å². The second-order valence-corrected chi connectivity index (χ2v) is 20.9. The summed E-state index contributed by atoms with van der Waals surface area (Å²) in [5.41, 5.74) is 7.67. The van der Waals surface area contributed by atoms with Crippen molar-refractivity contribution in [1.29, 1.82) is 0 Å². The lowest BCUT2D eigenvalue weighted by atomic mass is 9.88. The molecule has 17 nitrogen and oxygen atoms in total. The molecular formula is C62H73N7O10S. The van der Waals surface area contributed by atoms with Crippen LogP contribution in [0.5, 0.6) is 11.5 Å². The van der Waals surface area contributed by atoms with Gasteiger partial charge in [-0.25, -0.2) is 4.98 Å². The lowest BCUT2D eigenvalue weighted by molar-refractivity contribution is -0.142. The van der Waals surface area contributed by atoms with E-state index in [0.717, 1.165) is 73.6 Å². The van der Waals surface area contributed by atoms with Crippen LogP contribution < -0.4 is 15.4 Å². The molecule has 2 saturated heterocycles. The molecule has 4 amide bonds. The second-order valence-electron chi connectivity index (χ2n) is 19.8. The number of likely N-dealkylation sites (tertiary alicyclic amines) is 2. The molecule has 0 saturated carbocycles. The zero-order chi connectivity index (χ0) is 56.2. The Morgan fingerprint density at radius 1 is 0.787 bits per heavy atom. The van der Waals surface area contributed by atoms with Gasteiger partial charge in [0.2, 0.25) is 23.6 Å². The van der Waals surface area contributed by atoms with Gasteiger partial charge in [0.05, 0.1) is 68.7 Å². The van der Waals surface area contributed by atoms with Crippen LogP contribution >= 0.6 is 11.3 Å². The van der Waals surface area contributed by atoms with Crippen LogP contribution in [0.3, 0.4) is 0 Å². The molecule has 2 aliphatic rings. The molecule has 2 aromatic heterocycles. The van der Waals surface area contributed by atoms with Crippen molar-refractivity contribution >= 4 is 56.3 Å². The first-order chi connectivity index (χ1) is 39.0. The number of amides is 4. The number of aromatic hydroxyl groups is 1. The number of carbonyl (C=O) groups excluding carboxylic acids is 4. The van der Waals surface area contributed by atoms with Crippen molar-refractivity contribution in [1.82, 2.24) is 35.3 Å². The number of ether oxygens (including phenoxy) is 5. The smallest absolute Gasteiger partial charge is 0.248 e. The molecule has 0 spiro atoms. The summed E-state index contributed by atoms with van der Waals surface area (Å²) in [6.07, 6.45) is 5.29. The number of hydrogen-bond donors (Lipinski definition) is 3. The van der Waals surface area contributed by atoms with Gasteiger partial charge < -0.3 is 54.1 Å². The standard InChI is InChI=1S/C62H73N7O10S/c1-5-51(44-13-8-6-9-14-44)56(45-18-22-49(70)23-19-45)46-20-24-50(25-21-46)79-34-33-67(4)54(71)41-77-39-37-75-35-36-76-38-40-78-42-55(72)68-31-27-48(28-32-68)58(65-60(73)43(2)63-3)62(74)69-30-12-17-52(69)61-66-59-53(80-61)26-29-64-57(59)47-15-10-7-11-16-47/h6-11,13-16,18-20,22-24,26,29,43,48,52,58,63,70H,5,12,17,27-28,30-42H2,1-4H3,(H,65,73)/b56-51-/t43-,52-,58-/m0/s1. The van der Waals surface area contributed by atoms with Crippen molar-refractivity contribution in [2.75, 3.05) is 99.7 Å². The van der Waals surface area contributed by atoms with E-state index in [9.17, 15) is 24.3 Å². The highest BCUT2D eigenvalue weighted by Gasteiger charge is 2.41. The lowest BCUT2D eigenvalue weighted by Crippen LogP contribution is -2.57. The van der Waals surface area contributed by atoms with E-state index in [1.807, 2.05) is 83.8 Å². The van der Waals surface area contributed by atoms with Gasteiger partial charge in [-0.05, 0) is 105 Å². The number of likely N-dealkylation sites (N-methyl/N-ethyl adjacent to an activating group) is 2. The molecule has 4 aromatic carbocycles. The van der Waals surface area contributed by atoms with Crippen molar-refractivity contribution in [3.8, 4) is 22.8 Å². The maximum atomic E-state index is 14.6. The predicted molar refractivity (Wildman–Crippen MR) is 308 cm³/mol. The number of carbonyl (C=O) groups is 4. The van der Waals surface area contributed by atoms with Crippen molar-refractivity contribution in [2.24, 2.45) is 5.92 Å². The minimum absolute atomic E-state index is 0.0931. The largest absolute Gasteiger partial charge is 0.508 e. The number of allylic oxidation sites excluding steroid dienone is 1. The van der Waals surface area contributed by atoms with Gasteiger partial charge in [0, 0.05) is 49.6 Å². The molecular weight excluding hydrogens is 1030 g/mol. The number of thiazole rings is 1. The monoisotopic (exact) mass is 1110 g/mol. The third kappa shape index (κ3) is 15.8. The molecule has 422 valence electrons. The van der Waals surface area contributed by atoms with Crippen LogP contribution in [0.15, 0.2) is 109 Å². The number of hydrogen-bond acceptors (Lipinski definition) is 14. The Balaban J connectivity index is 0.685. The number of phenolic OH excluding ortho intramolecular Hbond substituents is 1. The summed E-state index contributed by atoms with van der Waals surface area (Å²) in [5, 5.41) is 16.9. The second kappa shape index (κ2) is 29.8. The van der Waals surface area contributed by atoms with Crippen molar-refractivity contribution < 1.29 is 48.0 Å². The molecule has 0 radical (unpaired) electrons. The average molecular weight is 1110 g/mol. The van der Waals surface area contributed by atoms with E-state index in [1.165, 1.54) is 0 Å². The highest BCUT2D eigenvalue weighted by Crippen LogP contribution is 2.40. The quantitative estimate of drug-likeness (QED) is 0.0321. The number of benzene rings is 3. The number of fused-ring (bicyclic) bond motifs is 1. The third-order valence-corrected chi connectivity index (χ3v) is 15.7. The van der Waals surface area contributed by atoms with E-state index in [2.05, 4.69) is 46.8 Å². The minimum atomic E-state index is -0.751. The molecule has 6 aromatic rings. The highest BCUT2D eigenvalue weighted by molar-refractivity contribution is 7.18. The summed E-state index contributed by atoms with van der Waals surface area (Å²) in [6, 6.07) is 38.0. The van der Waals surface area contributed by atoms with Gasteiger partial charge >= 0.3 is 0 Å². The topological polar surface area (TPSA) is 194 Å². The summed E-state index contributed by atoms with van der Waals surface area (Å²) in [6.45, 7) is 7.44. The summed E-state index contributed by atoms with van der Waals surface area (Å²) >= 11 is 1.58. The molecule has 0 unspecified atom stereocenters. The first-order valence-corrected chi connectivity index (χ1v) is 28.4. The van der Waals surface area contributed by atoms with E-state index >= 15 is 0 Å². The van der Waals surface area contributed by atoms with E-state index in [1.54, 1.807) is 60.5 Å². The number of nitrogens with zero attached hydrogens (tertiary/aromatic N) is 5. The number of pyridine rings is 1. The van der Waals surface area contributed by atoms with Gasteiger partial charge in [0.25, 0.3) is 0 Å². The zero-order valence-electron chi connectivity index (χ0n) is 46.2. The Kier molecular flexibility index (Phi) is 22.0. The fourth-order valence-electron chi connectivity index (χ4n) is 9.94. The Morgan fingerprint density at radius 2 is 1.46 bits per heavy atom. The first kappa shape index (κ1) is 58.9. The van der Waals surface area contributed by atoms with Crippen LogP contribution in [0.4, 0.5) is 0 Å². The minimum Gasteiger partial charge on any atom is -0.508 e. The third-order valence-electron chi connectivity index (χ3n) is 14.5. The maximum Gasteiger partial charge on any atom is 0.248 e. The lowest BCUT2D eigenvalue weighted by Gasteiger charge is -2.38. The van der Waals surface area contributed by atoms with Gasteiger partial charge in [-0.3, -0.25) is 24.2 Å². The normalized spacial score (nSPS) is 15.7. The number of nitrogens with one attached hydrogen (secondary N) is 2. The molecule has 2 fully saturated rings. The van der Waals surface area contributed by atoms with E-state index < -0.39 is 12.1 Å². The number of phenols is 1.